The molecule has 0 fully saturated rings. The predicted octanol–water partition coefficient (Wildman–Crippen LogP) is 5.65. The molecule has 0 N–H and O–H groups in total. The summed E-state index contributed by atoms with van der Waals surface area (Å²) in [5, 5.41) is 0. The van der Waals surface area contributed by atoms with Crippen molar-refractivity contribution in [2.75, 3.05) is 13.7 Å². The van der Waals surface area contributed by atoms with E-state index in [1.54, 1.807) is 48.8 Å². The van der Waals surface area contributed by atoms with Crippen molar-refractivity contribution < 1.29 is 23.4 Å². The third kappa shape index (κ3) is 6.32. The van der Waals surface area contributed by atoms with Gasteiger partial charge in [-0.15, -0.1) is 0 Å². The molecule has 2 heterocycles. The highest BCUT2D eigenvalue weighted by Gasteiger charge is 2.33. The molecule has 1 aliphatic rings. The molecule has 7 nitrogen and oxygen atoms in total. The van der Waals surface area contributed by atoms with Crippen LogP contribution in [0.15, 0.2) is 87.8 Å². The van der Waals surface area contributed by atoms with E-state index >= 15 is 0 Å². The quantitative estimate of drug-likeness (QED) is 0.232. The van der Waals surface area contributed by atoms with Crippen molar-refractivity contribution in [3.63, 3.8) is 0 Å². The number of rotatable bonds is 9. The molecule has 1 aromatic heterocycles. The lowest BCUT2D eigenvalue weighted by atomic mass is 9.93. The molecule has 0 saturated heterocycles. The summed E-state index contributed by atoms with van der Waals surface area (Å²) < 4.78 is 32.4. The van der Waals surface area contributed by atoms with E-state index in [1.807, 2.05) is 30.3 Å². The molecule has 5 rings (SSSR count). The molecule has 0 spiro atoms. The van der Waals surface area contributed by atoms with Crippen molar-refractivity contribution in [1.82, 2.24) is 4.57 Å². The number of hydrogen-bond donors (Lipinski definition) is 0. The largest absolute Gasteiger partial charge is 0.493 e. The highest BCUT2D eigenvalue weighted by molar-refractivity contribution is 7.07. The normalized spacial score (nSPS) is 14.9. The fourth-order valence-electron chi connectivity index (χ4n) is 5.00. The summed E-state index contributed by atoms with van der Waals surface area (Å²) in [6.45, 7) is 8.14. The number of hydrogen-bond acceptors (Lipinski definition) is 7. The van der Waals surface area contributed by atoms with Gasteiger partial charge in [-0.1, -0.05) is 67.6 Å². The summed E-state index contributed by atoms with van der Waals surface area (Å²) in [5.74, 6) is 0.484. The van der Waals surface area contributed by atoms with Crippen LogP contribution in [0.3, 0.4) is 0 Å². The Bertz CT molecular complexity index is 1870. The first-order valence-corrected chi connectivity index (χ1v) is 14.9. The molecule has 9 heteroatoms. The Balaban J connectivity index is 1.54. The fourth-order valence-corrected chi connectivity index (χ4v) is 6.05. The number of carbonyl (C=O) groups excluding carboxylic acids is 1. The standard InChI is InChI=1S/C34H33FN2O5S/c1-6-41-33(39)30-21(4)36-34-37(31(30)25-13-11-24(12-14-25)20(2)3)32(38)29(43-34)18-22-10-15-27(28(17-22)40-5)42-19-23-8-7-9-26(35)16-23/h7-18,20,31H,6,19H2,1-5H3/b29-18+. The number of esters is 1. The van der Waals surface area contributed by atoms with E-state index in [0.29, 0.717) is 43.6 Å². The van der Waals surface area contributed by atoms with Gasteiger partial charge in [0.25, 0.3) is 5.56 Å². The number of fused-ring (bicyclic) bond motifs is 1. The maximum absolute atomic E-state index is 13.9. The maximum Gasteiger partial charge on any atom is 0.338 e. The van der Waals surface area contributed by atoms with E-state index in [-0.39, 0.29) is 24.6 Å². The lowest BCUT2D eigenvalue weighted by molar-refractivity contribution is -0.139. The van der Waals surface area contributed by atoms with E-state index in [1.165, 1.54) is 30.6 Å². The molecule has 1 atom stereocenters. The summed E-state index contributed by atoms with van der Waals surface area (Å²) >= 11 is 1.26. The lowest BCUT2D eigenvalue weighted by Crippen LogP contribution is -2.39. The monoisotopic (exact) mass is 600 g/mol. The third-order valence-electron chi connectivity index (χ3n) is 7.20. The predicted molar refractivity (Wildman–Crippen MR) is 165 cm³/mol. The average molecular weight is 601 g/mol. The van der Waals surface area contributed by atoms with Crippen molar-refractivity contribution in [3.05, 3.63) is 126 Å². The van der Waals surface area contributed by atoms with Gasteiger partial charge in [0.05, 0.1) is 35.6 Å². The minimum atomic E-state index is -0.674. The van der Waals surface area contributed by atoms with Crippen molar-refractivity contribution in [3.8, 4) is 11.5 Å². The number of benzene rings is 3. The van der Waals surface area contributed by atoms with Crippen molar-refractivity contribution in [2.24, 2.45) is 4.99 Å². The van der Waals surface area contributed by atoms with Crippen LogP contribution in [0.1, 0.15) is 61.9 Å². The van der Waals surface area contributed by atoms with Gasteiger partial charge in [-0.25, -0.2) is 14.2 Å². The molecule has 0 amide bonds. The van der Waals surface area contributed by atoms with E-state index in [9.17, 15) is 14.0 Å². The van der Waals surface area contributed by atoms with Crippen LogP contribution >= 0.6 is 11.3 Å². The van der Waals surface area contributed by atoms with E-state index in [4.69, 9.17) is 14.2 Å². The second-order valence-corrected chi connectivity index (χ2v) is 11.5. The summed E-state index contributed by atoms with van der Waals surface area (Å²) in [7, 11) is 1.53. The SMILES string of the molecule is CCOC(=O)C1=C(C)N=c2s/c(=C/c3ccc(OCc4cccc(F)c4)c(OC)c3)c(=O)n2C1c1ccc(C(C)C)cc1. The minimum Gasteiger partial charge on any atom is -0.493 e. The number of aromatic nitrogens is 1. The number of nitrogens with zero attached hydrogens (tertiary/aromatic N) is 2. The molecule has 4 aromatic rings. The zero-order chi connectivity index (χ0) is 30.7. The van der Waals surface area contributed by atoms with Gasteiger partial charge >= 0.3 is 5.97 Å². The average Bonchev–Trinajstić information content (AvgIpc) is 3.29. The van der Waals surface area contributed by atoms with Crippen LogP contribution in [-0.4, -0.2) is 24.3 Å². The number of allylic oxidation sites excluding steroid dienone is 1. The fraction of sp³-hybridized carbons (Fsp3) is 0.265. The molecule has 43 heavy (non-hydrogen) atoms. The number of carbonyl (C=O) groups is 1. The van der Waals surface area contributed by atoms with Crippen LogP contribution < -0.4 is 24.4 Å². The first-order chi connectivity index (χ1) is 20.7. The lowest BCUT2D eigenvalue weighted by Gasteiger charge is -2.25. The summed E-state index contributed by atoms with van der Waals surface area (Å²) in [6.07, 6.45) is 1.77. The third-order valence-corrected chi connectivity index (χ3v) is 8.19. The van der Waals surface area contributed by atoms with Gasteiger partial charge in [-0.05, 0) is 72.4 Å². The number of ether oxygens (including phenoxy) is 3. The molecule has 0 saturated carbocycles. The van der Waals surface area contributed by atoms with E-state index < -0.39 is 12.0 Å². The van der Waals surface area contributed by atoms with Crippen LogP contribution in [0.25, 0.3) is 6.08 Å². The van der Waals surface area contributed by atoms with Crippen LogP contribution in [-0.2, 0) is 16.1 Å². The van der Waals surface area contributed by atoms with Crippen LogP contribution in [0.2, 0.25) is 0 Å². The number of thiazole rings is 1. The minimum absolute atomic E-state index is 0.173. The van der Waals surface area contributed by atoms with Crippen LogP contribution in [0.4, 0.5) is 4.39 Å². The Morgan fingerprint density at radius 2 is 1.86 bits per heavy atom. The van der Waals surface area contributed by atoms with Gasteiger partial charge in [-0.3, -0.25) is 9.36 Å². The molecule has 0 bridgehead atoms. The Morgan fingerprint density at radius 1 is 1.09 bits per heavy atom. The maximum atomic E-state index is 13.9. The Morgan fingerprint density at radius 3 is 2.53 bits per heavy atom. The Kier molecular flexibility index (Phi) is 8.92. The second-order valence-electron chi connectivity index (χ2n) is 10.5. The molecule has 1 aliphatic heterocycles. The first kappa shape index (κ1) is 30.0. The second kappa shape index (κ2) is 12.8. The Hall–Kier alpha value is -4.50. The van der Waals surface area contributed by atoms with Crippen molar-refractivity contribution in [1.29, 1.82) is 0 Å². The van der Waals surface area contributed by atoms with E-state index in [2.05, 4.69) is 18.8 Å². The van der Waals surface area contributed by atoms with Gasteiger partial charge in [0, 0.05) is 0 Å². The molecule has 3 aromatic carbocycles. The van der Waals surface area contributed by atoms with Gasteiger partial charge in [0.15, 0.2) is 16.3 Å². The van der Waals surface area contributed by atoms with Crippen molar-refractivity contribution in [2.45, 2.75) is 46.3 Å². The molecule has 1 unspecified atom stereocenters. The van der Waals surface area contributed by atoms with E-state index in [0.717, 1.165) is 16.7 Å². The number of halogens is 1. The van der Waals surface area contributed by atoms with Crippen LogP contribution in [0.5, 0.6) is 11.5 Å². The molecule has 222 valence electrons. The van der Waals surface area contributed by atoms with Gasteiger partial charge in [-0.2, -0.15) is 0 Å². The molecule has 0 aliphatic carbocycles. The van der Waals surface area contributed by atoms with Crippen molar-refractivity contribution >= 4 is 23.4 Å². The van der Waals surface area contributed by atoms with Gasteiger partial charge in [0.1, 0.15) is 12.4 Å². The summed E-state index contributed by atoms with van der Waals surface area (Å²) in [6, 6.07) is 18.9. The summed E-state index contributed by atoms with van der Waals surface area (Å²) in [5.41, 5.74) is 3.98. The zero-order valence-corrected chi connectivity index (χ0v) is 25.5. The summed E-state index contributed by atoms with van der Waals surface area (Å²) in [4.78, 5) is 32.2. The Labute approximate surface area is 253 Å². The van der Waals surface area contributed by atoms with Gasteiger partial charge in [0.2, 0.25) is 0 Å². The van der Waals surface area contributed by atoms with Gasteiger partial charge < -0.3 is 14.2 Å². The zero-order valence-electron chi connectivity index (χ0n) is 24.7. The smallest absolute Gasteiger partial charge is 0.338 e. The highest BCUT2D eigenvalue weighted by Crippen LogP contribution is 2.32. The molecule has 0 radical (unpaired) electrons. The van der Waals surface area contributed by atoms with Crippen LogP contribution in [0, 0.1) is 5.82 Å². The molecular formula is C34H33FN2O5S. The molecular weight excluding hydrogens is 567 g/mol. The highest BCUT2D eigenvalue weighted by atomic mass is 32.1. The first-order valence-electron chi connectivity index (χ1n) is 14.0. The topological polar surface area (TPSA) is 79.1 Å². The number of methoxy groups -OCH3 is 1.